The molecule has 0 bridgehead atoms. The largest absolute Gasteiger partial charge is 0.321 e. The Bertz CT molecular complexity index is 776. The van der Waals surface area contributed by atoms with E-state index in [2.05, 4.69) is 22.4 Å². The Morgan fingerprint density at radius 1 is 0.870 bits per heavy atom. The van der Waals surface area contributed by atoms with E-state index >= 15 is 0 Å². The zero-order chi connectivity index (χ0) is 15.9. The lowest BCUT2D eigenvalue weighted by Crippen LogP contribution is -2.13. The van der Waals surface area contributed by atoms with Gasteiger partial charge in [-0.15, -0.1) is 11.8 Å². The van der Waals surface area contributed by atoms with Gasteiger partial charge in [-0.3, -0.25) is 4.79 Å². The second-order valence-corrected chi connectivity index (χ2v) is 5.95. The molecule has 0 saturated heterocycles. The maximum Gasteiger partial charge on any atom is 0.274 e. The van der Waals surface area contributed by atoms with Crippen LogP contribution in [0.15, 0.2) is 83.9 Å². The summed E-state index contributed by atoms with van der Waals surface area (Å²) in [5.74, 6) is 0.635. The Morgan fingerprint density at radius 2 is 1.57 bits per heavy atom. The molecule has 3 nitrogen and oxygen atoms in total. The first kappa shape index (κ1) is 15.3. The van der Waals surface area contributed by atoms with Crippen LogP contribution in [0.4, 0.5) is 5.69 Å². The third-order valence-electron chi connectivity index (χ3n) is 3.22. The number of carbonyl (C=O) groups is 1. The first-order valence-corrected chi connectivity index (χ1v) is 8.30. The minimum Gasteiger partial charge on any atom is -0.321 e. The molecule has 0 saturated carbocycles. The fourth-order valence-electron chi connectivity index (χ4n) is 2.07. The molecular formula is C19H16N2OS. The zero-order valence-electron chi connectivity index (χ0n) is 12.5. The number of hydrogen-bond donors (Lipinski definition) is 1. The van der Waals surface area contributed by atoms with Gasteiger partial charge in [-0.2, -0.15) is 0 Å². The predicted octanol–water partition coefficient (Wildman–Crippen LogP) is 4.63. The van der Waals surface area contributed by atoms with Gasteiger partial charge in [-0.05, 0) is 29.8 Å². The SMILES string of the molecule is O=C(Nc1ccccc1)c1cccc(SCc2ccccc2)n1. The van der Waals surface area contributed by atoms with Crippen LogP contribution >= 0.6 is 11.8 Å². The van der Waals surface area contributed by atoms with E-state index in [4.69, 9.17) is 0 Å². The van der Waals surface area contributed by atoms with E-state index in [1.165, 1.54) is 5.56 Å². The summed E-state index contributed by atoms with van der Waals surface area (Å²) >= 11 is 1.62. The number of carbonyl (C=O) groups excluding carboxylic acids is 1. The molecule has 4 heteroatoms. The summed E-state index contributed by atoms with van der Waals surface area (Å²) in [6.07, 6.45) is 0. The monoisotopic (exact) mass is 320 g/mol. The van der Waals surface area contributed by atoms with Crippen LogP contribution in [0.25, 0.3) is 0 Å². The smallest absolute Gasteiger partial charge is 0.274 e. The van der Waals surface area contributed by atoms with Crippen LogP contribution in [0.5, 0.6) is 0 Å². The highest BCUT2D eigenvalue weighted by molar-refractivity contribution is 7.98. The zero-order valence-corrected chi connectivity index (χ0v) is 13.3. The van der Waals surface area contributed by atoms with Gasteiger partial charge in [0, 0.05) is 11.4 Å². The van der Waals surface area contributed by atoms with Crippen molar-refractivity contribution in [3.63, 3.8) is 0 Å². The third-order valence-corrected chi connectivity index (χ3v) is 4.22. The first-order valence-electron chi connectivity index (χ1n) is 7.31. The van der Waals surface area contributed by atoms with Gasteiger partial charge < -0.3 is 5.32 Å². The quantitative estimate of drug-likeness (QED) is 0.697. The van der Waals surface area contributed by atoms with Crippen LogP contribution in [0.1, 0.15) is 16.1 Å². The summed E-state index contributed by atoms with van der Waals surface area (Å²) in [5.41, 5.74) is 2.42. The molecule has 0 aliphatic carbocycles. The number of nitrogens with one attached hydrogen (secondary N) is 1. The fraction of sp³-hybridized carbons (Fsp3) is 0.0526. The molecule has 0 fully saturated rings. The van der Waals surface area contributed by atoms with Crippen molar-refractivity contribution in [1.29, 1.82) is 0 Å². The topological polar surface area (TPSA) is 42.0 Å². The van der Waals surface area contributed by atoms with E-state index in [1.807, 2.05) is 60.7 Å². The number of nitrogens with zero attached hydrogens (tertiary/aromatic N) is 1. The fourth-order valence-corrected chi connectivity index (χ4v) is 2.91. The molecule has 0 atom stereocenters. The number of anilines is 1. The lowest BCUT2D eigenvalue weighted by molar-refractivity contribution is 0.102. The summed E-state index contributed by atoms with van der Waals surface area (Å²) < 4.78 is 0. The number of aromatic nitrogens is 1. The molecule has 23 heavy (non-hydrogen) atoms. The van der Waals surface area contributed by atoms with E-state index in [0.29, 0.717) is 5.69 Å². The molecule has 1 heterocycles. The van der Waals surface area contributed by atoms with Crippen molar-refractivity contribution >= 4 is 23.4 Å². The van der Waals surface area contributed by atoms with E-state index in [1.54, 1.807) is 17.8 Å². The number of pyridine rings is 1. The maximum absolute atomic E-state index is 12.3. The molecule has 0 spiro atoms. The van der Waals surface area contributed by atoms with Gasteiger partial charge >= 0.3 is 0 Å². The van der Waals surface area contributed by atoms with Crippen molar-refractivity contribution in [2.24, 2.45) is 0 Å². The highest BCUT2D eigenvalue weighted by Crippen LogP contribution is 2.21. The standard InChI is InChI=1S/C19H16N2OS/c22-19(20-16-10-5-2-6-11-16)17-12-7-13-18(21-17)23-14-15-8-3-1-4-9-15/h1-13H,14H2,(H,20,22). The maximum atomic E-state index is 12.3. The van der Waals surface area contributed by atoms with Gasteiger partial charge in [0.05, 0.1) is 5.03 Å². The average Bonchev–Trinajstić information content (AvgIpc) is 2.62. The summed E-state index contributed by atoms with van der Waals surface area (Å²) in [5, 5.41) is 3.69. The van der Waals surface area contributed by atoms with Crippen LogP contribution in [0.3, 0.4) is 0 Å². The highest BCUT2D eigenvalue weighted by atomic mass is 32.2. The molecule has 1 aromatic heterocycles. The van der Waals surface area contributed by atoms with Crippen LogP contribution in [0.2, 0.25) is 0 Å². The number of para-hydroxylation sites is 1. The van der Waals surface area contributed by atoms with E-state index in [0.717, 1.165) is 16.5 Å². The minimum atomic E-state index is -0.196. The first-order chi connectivity index (χ1) is 11.3. The Balaban J connectivity index is 1.66. The number of benzene rings is 2. The molecule has 0 unspecified atom stereocenters. The molecule has 0 radical (unpaired) electrons. The molecule has 1 N–H and O–H groups in total. The summed E-state index contributed by atoms with van der Waals surface area (Å²) in [6, 6.07) is 25.1. The van der Waals surface area contributed by atoms with Gasteiger partial charge in [0.2, 0.25) is 0 Å². The number of amides is 1. The molecule has 0 aliphatic rings. The number of thioether (sulfide) groups is 1. The Hall–Kier alpha value is -2.59. The van der Waals surface area contributed by atoms with Crippen LogP contribution in [-0.2, 0) is 5.75 Å². The van der Waals surface area contributed by atoms with Gasteiger partial charge in [0.15, 0.2) is 0 Å². The van der Waals surface area contributed by atoms with Crippen molar-refractivity contribution in [3.8, 4) is 0 Å². The van der Waals surface area contributed by atoms with Crippen molar-refractivity contribution < 1.29 is 4.79 Å². The normalized spacial score (nSPS) is 10.3. The van der Waals surface area contributed by atoms with Crippen LogP contribution in [0, 0.1) is 0 Å². The number of rotatable bonds is 5. The lowest BCUT2D eigenvalue weighted by Gasteiger charge is -2.06. The Labute approximate surface area is 139 Å². The van der Waals surface area contributed by atoms with Gasteiger partial charge in [0.1, 0.15) is 5.69 Å². The summed E-state index contributed by atoms with van der Waals surface area (Å²) in [4.78, 5) is 16.7. The number of hydrogen-bond acceptors (Lipinski definition) is 3. The third kappa shape index (κ3) is 4.44. The molecule has 3 aromatic rings. The van der Waals surface area contributed by atoms with E-state index in [9.17, 15) is 4.79 Å². The summed E-state index contributed by atoms with van der Waals surface area (Å²) in [7, 11) is 0. The molecular weight excluding hydrogens is 304 g/mol. The second kappa shape index (κ2) is 7.61. The van der Waals surface area contributed by atoms with Crippen molar-refractivity contribution in [1.82, 2.24) is 4.98 Å². The van der Waals surface area contributed by atoms with E-state index in [-0.39, 0.29) is 5.91 Å². The second-order valence-electron chi connectivity index (χ2n) is 4.96. The van der Waals surface area contributed by atoms with Gasteiger partial charge in [-0.1, -0.05) is 54.6 Å². The van der Waals surface area contributed by atoms with Crippen LogP contribution in [-0.4, -0.2) is 10.9 Å². The average molecular weight is 320 g/mol. The molecule has 0 aliphatic heterocycles. The summed E-state index contributed by atoms with van der Waals surface area (Å²) in [6.45, 7) is 0. The molecule has 114 valence electrons. The minimum absolute atomic E-state index is 0.196. The predicted molar refractivity (Wildman–Crippen MR) is 94.6 cm³/mol. The van der Waals surface area contributed by atoms with Gasteiger partial charge in [0.25, 0.3) is 5.91 Å². The molecule has 3 rings (SSSR count). The van der Waals surface area contributed by atoms with Gasteiger partial charge in [-0.25, -0.2) is 4.98 Å². The highest BCUT2D eigenvalue weighted by Gasteiger charge is 2.08. The van der Waals surface area contributed by atoms with Crippen molar-refractivity contribution in [3.05, 3.63) is 90.1 Å². The van der Waals surface area contributed by atoms with E-state index < -0.39 is 0 Å². The Kier molecular flexibility index (Phi) is 5.06. The van der Waals surface area contributed by atoms with Crippen molar-refractivity contribution in [2.45, 2.75) is 10.8 Å². The molecule has 1 amide bonds. The lowest BCUT2D eigenvalue weighted by atomic mass is 10.2. The molecule has 2 aromatic carbocycles. The van der Waals surface area contributed by atoms with Crippen LogP contribution < -0.4 is 5.32 Å². The van der Waals surface area contributed by atoms with Crippen molar-refractivity contribution in [2.75, 3.05) is 5.32 Å². The Morgan fingerprint density at radius 3 is 2.30 bits per heavy atom.